The van der Waals surface area contributed by atoms with Gasteiger partial charge in [-0.25, -0.2) is 0 Å². The molecule has 0 radical (unpaired) electrons. The van der Waals surface area contributed by atoms with Gasteiger partial charge in [0.2, 0.25) is 5.91 Å². The number of unbranched alkanes of at least 4 members (excludes halogenated alkanes) is 2. The fourth-order valence-electron chi connectivity index (χ4n) is 2.54. The van der Waals surface area contributed by atoms with E-state index in [0.717, 1.165) is 19.3 Å². The highest BCUT2D eigenvalue weighted by Crippen LogP contribution is 2.27. The average molecular weight is 226 g/mol. The molecule has 0 spiro atoms. The second-order valence-electron chi connectivity index (χ2n) is 4.91. The lowest BCUT2D eigenvalue weighted by Gasteiger charge is -2.23. The van der Waals surface area contributed by atoms with Crippen molar-refractivity contribution in [3.05, 3.63) is 0 Å². The molecule has 1 rings (SSSR count). The lowest BCUT2D eigenvalue weighted by molar-refractivity contribution is -0.122. The van der Waals surface area contributed by atoms with Crippen molar-refractivity contribution in [1.82, 2.24) is 5.32 Å². The standard InChI is InChI=1S/C13H26N2O/c1-2-3-4-9-13(16)15-12(10-14)11-7-5-6-8-11/h11-12H,2-10,14H2,1H3,(H,15,16). The maximum Gasteiger partial charge on any atom is 0.220 e. The molecule has 1 saturated carbocycles. The van der Waals surface area contributed by atoms with Crippen molar-refractivity contribution in [3.8, 4) is 0 Å². The van der Waals surface area contributed by atoms with Gasteiger partial charge in [-0.2, -0.15) is 0 Å². The van der Waals surface area contributed by atoms with Crippen molar-refractivity contribution in [2.45, 2.75) is 64.3 Å². The van der Waals surface area contributed by atoms with Crippen LogP contribution in [0.2, 0.25) is 0 Å². The van der Waals surface area contributed by atoms with Gasteiger partial charge in [-0.3, -0.25) is 4.79 Å². The summed E-state index contributed by atoms with van der Waals surface area (Å²) in [6.07, 6.45) is 9.04. The number of nitrogens with one attached hydrogen (secondary N) is 1. The predicted octanol–water partition coefficient (Wildman–Crippen LogP) is 2.20. The minimum atomic E-state index is 0.191. The maximum absolute atomic E-state index is 11.7. The van der Waals surface area contributed by atoms with Crippen LogP contribution in [0, 0.1) is 5.92 Å². The molecule has 0 aromatic carbocycles. The number of amides is 1. The van der Waals surface area contributed by atoms with Gasteiger partial charge in [0.25, 0.3) is 0 Å². The predicted molar refractivity (Wildman–Crippen MR) is 67.1 cm³/mol. The lowest BCUT2D eigenvalue weighted by Crippen LogP contribution is -2.44. The van der Waals surface area contributed by atoms with Crippen LogP contribution in [0.4, 0.5) is 0 Å². The van der Waals surface area contributed by atoms with Crippen LogP contribution in [0.1, 0.15) is 58.3 Å². The number of hydrogen-bond acceptors (Lipinski definition) is 2. The summed E-state index contributed by atoms with van der Waals surface area (Å²) in [7, 11) is 0. The molecule has 1 unspecified atom stereocenters. The van der Waals surface area contributed by atoms with Gasteiger partial charge < -0.3 is 11.1 Å². The van der Waals surface area contributed by atoms with E-state index in [-0.39, 0.29) is 11.9 Å². The fraction of sp³-hybridized carbons (Fsp3) is 0.923. The number of nitrogens with two attached hydrogens (primary N) is 1. The Balaban J connectivity index is 2.23. The Morgan fingerprint density at radius 1 is 1.38 bits per heavy atom. The Kier molecular flexibility index (Phi) is 6.46. The normalized spacial score (nSPS) is 18.6. The highest BCUT2D eigenvalue weighted by Gasteiger charge is 2.24. The summed E-state index contributed by atoms with van der Waals surface area (Å²) >= 11 is 0. The van der Waals surface area contributed by atoms with E-state index in [2.05, 4.69) is 12.2 Å². The molecule has 0 bridgehead atoms. The van der Waals surface area contributed by atoms with Crippen molar-refractivity contribution in [2.24, 2.45) is 11.7 Å². The van der Waals surface area contributed by atoms with Gasteiger partial charge in [-0.1, -0.05) is 32.6 Å². The molecule has 3 nitrogen and oxygen atoms in total. The van der Waals surface area contributed by atoms with E-state index in [1.165, 1.54) is 25.7 Å². The van der Waals surface area contributed by atoms with Gasteiger partial charge >= 0.3 is 0 Å². The Bertz CT molecular complexity index is 200. The molecule has 16 heavy (non-hydrogen) atoms. The molecule has 0 aromatic heterocycles. The van der Waals surface area contributed by atoms with Crippen LogP contribution in [0.3, 0.4) is 0 Å². The molecular weight excluding hydrogens is 200 g/mol. The van der Waals surface area contributed by atoms with Gasteiger partial charge in [0.15, 0.2) is 0 Å². The molecule has 0 aliphatic heterocycles. The summed E-state index contributed by atoms with van der Waals surface area (Å²) < 4.78 is 0. The number of carbonyl (C=O) groups is 1. The molecule has 1 aliphatic carbocycles. The van der Waals surface area contributed by atoms with Crippen LogP contribution in [0.15, 0.2) is 0 Å². The van der Waals surface area contributed by atoms with E-state index < -0.39 is 0 Å². The van der Waals surface area contributed by atoms with E-state index in [0.29, 0.717) is 18.9 Å². The zero-order chi connectivity index (χ0) is 11.8. The Hall–Kier alpha value is -0.570. The van der Waals surface area contributed by atoms with Gasteiger partial charge in [-0.15, -0.1) is 0 Å². The van der Waals surface area contributed by atoms with Crippen LogP contribution in [-0.4, -0.2) is 18.5 Å². The topological polar surface area (TPSA) is 55.1 Å². The van der Waals surface area contributed by atoms with E-state index in [1.54, 1.807) is 0 Å². The lowest BCUT2D eigenvalue weighted by atomic mass is 9.98. The molecular formula is C13H26N2O. The first kappa shape index (κ1) is 13.5. The maximum atomic E-state index is 11.7. The van der Waals surface area contributed by atoms with Crippen LogP contribution in [0.5, 0.6) is 0 Å². The zero-order valence-corrected chi connectivity index (χ0v) is 10.5. The summed E-state index contributed by atoms with van der Waals surface area (Å²) in [5.41, 5.74) is 5.74. The fourth-order valence-corrected chi connectivity index (χ4v) is 2.54. The van der Waals surface area contributed by atoms with Gasteiger partial charge in [0.1, 0.15) is 0 Å². The van der Waals surface area contributed by atoms with E-state index in [1.807, 2.05) is 0 Å². The molecule has 3 heteroatoms. The van der Waals surface area contributed by atoms with Gasteiger partial charge in [0, 0.05) is 19.0 Å². The van der Waals surface area contributed by atoms with Crippen molar-refractivity contribution in [1.29, 1.82) is 0 Å². The zero-order valence-electron chi connectivity index (χ0n) is 10.5. The third-order valence-electron chi connectivity index (χ3n) is 3.58. The highest BCUT2D eigenvalue weighted by molar-refractivity contribution is 5.76. The first-order chi connectivity index (χ1) is 7.77. The van der Waals surface area contributed by atoms with Crippen LogP contribution < -0.4 is 11.1 Å². The first-order valence-corrected chi connectivity index (χ1v) is 6.77. The molecule has 1 aliphatic rings. The van der Waals surface area contributed by atoms with Crippen LogP contribution in [0.25, 0.3) is 0 Å². The third kappa shape index (κ3) is 4.52. The summed E-state index contributed by atoms with van der Waals surface area (Å²) in [4.78, 5) is 11.7. The Labute approximate surface area is 99.2 Å². The summed E-state index contributed by atoms with van der Waals surface area (Å²) in [6.45, 7) is 2.74. The Morgan fingerprint density at radius 3 is 2.62 bits per heavy atom. The Morgan fingerprint density at radius 2 is 2.06 bits per heavy atom. The SMILES string of the molecule is CCCCCC(=O)NC(CN)C1CCCC1. The van der Waals surface area contributed by atoms with Crippen molar-refractivity contribution >= 4 is 5.91 Å². The van der Waals surface area contributed by atoms with E-state index in [4.69, 9.17) is 5.73 Å². The summed E-state index contributed by atoms with van der Waals surface area (Å²) in [6, 6.07) is 0.219. The molecule has 94 valence electrons. The minimum Gasteiger partial charge on any atom is -0.352 e. The number of hydrogen-bond donors (Lipinski definition) is 2. The molecule has 0 heterocycles. The quantitative estimate of drug-likeness (QED) is 0.654. The third-order valence-corrected chi connectivity index (χ3v) is 3.58. The molecule has 0 saturated heterocycles. The summed E-state index contributed by atoms with van der Waals surface area (Å²) in [5.74, 6) is 0.816. The number of rotatable bonds is 7. The molecule has 3 N–H and O–H groups in total. The molecule has 1 amide bonds. The van der Waals surface area contributed by atoms with Crippen molar-refractivity contribution < 1.29 is 4.79 Å². The highest BCUT2D eigenvalue weighted by atomic mass is 16.1. The van der Waals surface area contributed by atoms with Gasteiger partial charge in [-0.05, 0) is 25.2 Å². The van der Waals surface area contributed by atoms with Gasteiger partial charge in [0.05, 0.1) is 0 Å². The second kappa shape index (κ2) is 7.66. The van der Waals surface area contributed by atoms with Crippen molar-refractivity contribution in [2.75, 3.05) is 6.54 Å². The molecule has 0 aromatic rings. The molecule has 1 atom stereocenters. The average Bonchev–Trinajstić information content (AvgIpc) is 2.79. The number of carbonyl (C=O) groups excluding carboxylic acids is 1. The minimum absolute atomic E-state index is 0.191. The van der Waals surface area contributed by atoms with E-state index >= 15 is 0 Å². The monoisotopic (exact) mass is 226 g/mol. The first-order valence-electron chi connectivity index (χ1n) is 6.77. The van der Waals surface area contributed by atoms with Crippen LogP contribution >= 0.6 is 0 Å². The smallest absolute Gasteiger partial charge is 0.220 e. The van der Waals surface area contributed by atoms with Crippen LogP contribution in [-0.2, 0) is 4.79 Å². The van der Waals surface area contributed by atoms with Crippen molar-refractivity contribution in [3.63, 3.8) is 0 Å². The summed E-state index contributed by atoms with van der Waals surface area (Å²) in [5, 5.41) is 3.10. The van der Waals surface area contributed by atoms with E-state index in [9.17, 15) is 4.79 Å². The molecule has 1 fully saturated rings. The largest absolute Gasteiger partial charge is 0.352 e. The second-order valence-corrected chi connectivity index (χ2v) is 4.91.